The first-order valence-corrected chi connectivity index (χ1v) is 11.2. The lowest BCUT2D eigenvalue weighted by molar-refractivity contribution is 0.0526. The number of fused-ring (bicyclic) bond motifs is 3. The van der Waals surface area contributed by atoms with Crippen molar-refractivity contribution in [1.82, 2.24) is 19.4 Å². The molecule has 8 heteroatoms. The molecular weight excluding hydrogens is 438 g/mol. The maximum absolute atomic E-state index is 13.3. The number of nitrogens with zero attached hydrogens (tertiary/aromatic N) is 4. The molecule has 2 atom stereocenters. The van der Waals surface area contributed by atoms with E-state index in [4.69, 9.17) is 4.98 Å². The second-order valence-corrected chi connectivity index (χ2v) is 9.67. The van der Waals surface area contributed by atoms with Crippen LogP contribution in [0.2, 0.25) is 0 Å². The van der Waals surface area contributed by atoms with Gasteiger partial charge in [-0.2, -0.15) is 0 Å². The van der Waals surface area contributed by atoms with Crippen LogP contribution in [-0.2, 0) is 17.6 Å². The Hall–Kier alpha value is -3.23. The number of alkyl halides is 2. The largest absolute Gasteiger partial charge is 0.384 e. The lowest BCUT2D eigenvalue weighted by Gasteiger charge is -2.20. The Morgan fingerprint density at radius 3 is 2.50 bits per heavy atom. The molecule has 1 aromatic carbocycles. The minimum atomic E-state index is -2.46. The Labute approximate surface area is 196 Å². The van der Waals surface area contributed by atoms with Gasteiger partial charge in [-0.3, -0.25) is 0 Å². The molecule has 1 aliphatic rings. The average molecular weight is 465 g/mol. The van der Waals surface area contributed by atoms with E-state index >= 15 is 0 Å². The number of imidazole rings is 1. The summed E-state index contributed by atoms with van der Waals surface area (Å²) in [5.41, 5.74) is 2.67. The van der Waals surface area contributed by atoms with Crippen LogP contribution in [0, 0.1) is 0 Å². The van der Waals surface area contributed by atoms with E-state index in [1.54, 1.807) is 45.3 Å². The Bertz CT molecular complexity index is 1360. The molecule has 0 aliphatic heterocycles. The van der Waals surface area contributed by atoms with Crippen LogP contribution in [0.25, 0.3) is 16.8 Å². The molecule has 0 saturated heterocycles. The number of aromatic nitrogens is 4. The van der Waals surface area contributed by atoms with Gasteiger partial charge in [0.15, 0.2) is 5.82 Å². The summed E-state index contributed by atoms with van der Waals surface area (Å²) < 4.78 is 28.5. The number of halogens is 2. The first-order valence-electron chi connectivity index (χ1n) is 11.2. The van der Waals surface area contributed by atoms with Crippen molar-refractivity contribution < 1.29 is 19.0 Å². The van der Waals surface area contributed by atoms with E-state index in [-0.39, 0.29) is 12.3 Å². The zero-order valence-electron chi connectivity index (χ0n) is 19.2. The van der Waals surface area contributed by atoms with Gasteiger partial charge < -0.3 is 14.6 Å². The van der Waals surface area contributed by atoms with E-state index in [1.807, 2.05) is 34.9 Å². The summed E-state index contributed by atoms with van der Waals surface area (Å²) in [6, 6.07) is 10.9. The van der Waals surface area contributed by atoms with Gasteiger partial charge >= 0.3 is 0 Å². The van der Waals surface area contributed by atoms with E-state index in [0.29, 0.717) is 29.1 Å². The van der Waals surface area contributed by atoms with Gasteiger partial charge in [-0.25, -0.2) is 23.7 Å². The summed E-state index contributed by atoms with van der Waals surface area (Å²) >= 11 is 0. The van der Waals surface area contributed by atoms with Gasteiger partial charge in [0.05, 0.1) is 11.4 Å². The number of rotatable bonds is 5. The standard InChI is InChI=1S/C26H26F2N4O2/c1-25(2,33)24-29-12-17(13-30-24)16-8-9-21-31-23-22(32(21)14-16)19(11-26(23,3)34)18-7-5-4-6-15(18)10-20(27)28/h4-9,12-14,19-20,33-34H,10-11H2,1-3H3/t19-,26?/m1/s1. The van der Waals surface area contributed by atoms with Crippen LogP contribution in [0.1, 0.15) is 61.4 Å². The predicted molar refractivity (Wildman–Crippen MR) is 124 cm³/mol. The van der Waals surface area contributed by atoms with Crippen molar-refractivity contribution in [2.45, 2.75) is 57.2 Å². The van der Waals surface area contributed by atoms with Gasteiger partial charge in [0, 0.05) is 42.1 Å². The summed E-state index contributed by atoms with van der Waals surface area (Å²) in [5.74, 6) is 0.0478. The first kappa shape index (κ1) is 22.6. The minimum absolute atomic E-state index is 0.279. The van der Waals surface area contributed by atoms with Crippen molar-refractivity contribution in [2.24, 2.45) is 0 Å². The highest BCUT2D eigenvalue weighted by atomic mass is 19.3. The zero-order chi connectivity index (χ0) is 24.3. The van der Waals surface area contributed by atoms with Gasteiger partial charge in [-0.05, 0) is 50.5 Å². The summed E-state index contributed by atoms with van der Waals surface area (Å²) in [7, 11) is 0. The van der Waals surface area contributed by atoms with Crippen LogP contribution in [0.5, 0.6) is 0 Å². The Morgan fingerprint density at radius 2 is 1.82 bits per heavy atom. The predicted octanol–water partition coefficient (Wildman–Crippen LogP) is 4.57. The molecule has 4 aromatic rings. The van der Waals surface area contributed by atoms with Crippen molar-refractivity contribution in [1.29, 1.82) is 0 Å². The number of hydrogen-bond acceptors (Lipinski definition) is 5. The molecule has 3 aromatic heterocycles. The maximum atomic E-state index is 13.3. The summed E-state index contributed by atoms with van der Waals surface area (Å²) in [6.07, 6.45) is 2.80. The molecule has 0 radical (unpaired) electrons. The van der Waals surface area contributed by atoms with Crippen molar-refractivity contribution in [3.8, 4) is 11.1 Å². The second kappa shape index (κ2) is 7.92. The molecule has 6 nitrogen and oxygen atoms in total. The highest BCUT2D eigenvalue weighted by molar-refractivity contribution is 5.64. The molecule has 176 valence electrons. The van der Waals surface area contributed by atoms with E-state index in [9.17, 15) is 19.0 Å². The van der Waals surface area contributed by atoms with E-state index in [2.05, 4.69) is 9.97 Å². The summed E-state index contributed by atoms with van der Waals surface area (Å²) in [6.45, 7) is 4.97. The van der Waals surface area contributed by atoms with Crippen molar-refractivity contribution in [3.05, 3.63) is 83.3 Å². The highest BCUT2D eigenvalue weighted by Crippen LogP contribution is 2.48. The summed E-state index contributed by atoms with van der Waals surface area (Å²) in [5, 5.41) is 21.3. The van der Waals surface area contributed by atoms with Crippen LogP contribution >= 0.6 is 0 Å². The second-order valence-electron chi connectivity index (χ2n) is 9.67. The van der Waals surface area contributed by atoms with Gasteiger partial charge in [0.1, 0.15) is 16.8 Å². The van der Waals surface area contributed by atoms with Crippen LogP contribution in [0.4, 0.5) is 8.78 Å². The average Bonchev–Trinajstić information content (AvgIpc) is 3.28. The molecule has 0 fully saturated rings. The van der Waals surface area contributed by atoms with Crippen LogP contribution in [0.15, 0.2) is 55.0 Å². The van der Waals surface area contributed by atoms with E-state index in [0.717, 1.165) is 22.4 Å². The molecule has 1 unspecified atom stereocenters. The normalized spacial score (nSPS) is 20.3. The number of hydrogen-bond donors (Lipinski definition) is 2. The smallest absolute Gasteiger partial charge is 0.242 e. The molecule has 0 spiro atoms. The third-order valence-corrected chi connectivity index (χ3v) is 6.43. The molecule has 0 amide bonds. The topological polar surface area (TPSA) is 83.5 Å². The molecule has 1 aliphatic carbocycles. The van der Waals surface area contributed by atoms with Crippen molar-refractivity contribution >= 4 is 5.65 Å². The van der Waals surface area contributed by atoms with Crippen molar-refractivity contribution in [3.63, 3.8) is 0 Å². The number of aliphatic hydroxyl groups is 2. The van der Waals surface area contributed by atoms with Gasteiger partial charge in [-0.1, -0.05) is 24.3 Å². The van der Waals surface area contributed by atoms with Crippen LogP contribution in [0.3, 0.4) is 0 Å². The number of pyridine rings is 1. The van der Waals surface area contributed by atoms with Gasteiger partial charge in [0.25, 0.3) is 0 Å². The molecule has 2 N–H and O–H groups in total. The van der Waals surface area contributed by atoms with E-state index in [1.165, 1.54) is 0 Å². The molecule has 0 saturated carbocycles. The Kier molecular flexibility index (Phi) is 5.26. The third kappa shape index (κ3) is 3.86. The van der Waals surface area contributed by atoms with Gasteiger partial charge in [-0.15, -0.1) is 0 Å². The Morgan fingerprint density at radius 1 is 1.12 bits per heavy atom. The molecular formula is C26H26F2N4O2. The first-order chi connectivity index (χ1) is 16.0. The van der Waals surface area contributed by atoms with Crippen molar-refractivity contribution in [2.75, 3.05) is 0 Å². The molecule has 0 bridgehead atoms. The van der Waals surface area contributed by atoms with E-state index < -0.39 is 17.6 Å². The van der Waals surface area contributed by atoms with Crippen LogP contribution in [-0.4, -0.2) is 36.0 Å². The zero-order valence-corrected chi connectivity index (χ0v) is 19.2. The van der Waals surface area contributed by atoms with Gasteiger partial charge in [0.2, 0.25) is 6.43 Å². The lowest BCUT2D eigenvalue weighted by atomic mass is 9.89. The fourth-order valence-corrected chi connectivity index (χ4v) is 4.83. The number of benzene rings is 1. The monoisotopic (exact) mass is 464 g/mol. The Balaban J connectivity index is 1.63. The molecule has 3 heterocycles. The lowest BCUT2D eigenvalue weighted by Crippen LogP contribution is -2.19. The molecule has 34 heavy (non-hydrogen) atoms. The SMILES string of the molecule is CC(C)(O)c1ncc(-c2ccc3nc4c(n3c2)[C@@H](c2ccccc2CC(F)F)CC4(C)O)cn1. The summed E-state index contributed by atoms with van der Waals surface area (Å²) in [4.78, 5) is 13.3. The highest BCUT2D eigenvalue weighted by Gasteiger charge is 2.44. The molecule has 5 rings (SSSR count). The minimum Gasteiger partial charge on any atom is -0.384 e. The fraction of sp³-hybridized carbons (Fsp3) is 0.346. The third-order valence-electron chi connectivity index (χ3n) is 6.43. The van der Waals surface area contributed by atoms with Crippen LogP contribution < -0.4 is 0 Å². The maximum Gasteiger partial charge on any atom is 0.242 e. The fourth-order valence-electron chi connectivity index (χ4n) is 4.83. The quantitative estimate of drug-likeness (QED) is 0.452.